The molecule has 0 N–H and O–H groups in total. The topological polar surface area (TPSA) is 53.3 Å². The van der Waals surface area contributed by atoms with Crippen LogP contribution in [0.2, 0.25) is 0 Å². The Bertz CT molecular complexity index is 505. The molecular formula is C13H14N2O2. The molecule has 2 atom stereocenters. The number of nitrogens with zero attached hydrogens (tertiary/aromatic N) is 2. The first-order chi connectivity index (χ1) is 8.04. The summed E-state index contributed by atoms with van der Waals surface area (Å²) in [6, 6.07) is 7.38. The van der Waals surface area contributed by atoms with Crippen molar-refractivity contribution < 1.29 is 9.53 Å². The van der Waals surface area contributed by atoms with Crippen LogP contribution < -0.4 is 9.64 Å². The van der Waals surface area contributed by atoms with E-state index in [9.17, 15) is 4.79 Å². The molecule has 17 heavy (non-hydrogen) atoms. The van der Waals surface area contributed by atoms with Crippen molar-refractivity contribution in [3.63, 3.8) is 0 Å². The standard InChI is InChI=1S/C13H14N2O2/c1-8-13(7-14)17-12-5-4-10(9(2)16)6-11(12)15(8)3/h4-6,8,13H,1-3H3. The van der Waals surface area contributed by atoms with E-state index >= 15 is 0 Å². The average molecular weight is 230 g/mol. The number of ketones is 1. The van der Waals surface area contributed by atoms with E-state index in [1.807, 2.05) is 24.9 Å². The zero-order chi connectivity index (χ0) is 12.6. The second kappa shape index (κ2) is 4.10. The van der Waals surface area contributed by atoms with Crippen molar-refractivity contribution in [1.29, 1.82) is 5.26 Å². The van der Waals surface area contributed by atoms with Crippen LogP contribution in [0.15, 0.2) is 18.2 Å². The van der Waals surface area contributed by atoms with Crippen molar-refractivity contribution in [3.8, 4) is 11.8 Å². The number of ether oxygens (including phenoxy) is 1. The Labute approximate surface area is 100 Å². The molecule has 4 nitrogen and oxygen atoms in total. The van der Waals surface area contributed by atoms with Crippen molar-refractivity contribution >= 4 is 11.5 Å². The van der Waals surface area contributed by atoms with E-state index in [0.717, 1.165) is 5.69 Å². The lowest BCUT2D eigenvalue weighted by Crippen LogP contribution is -2.45. The lowest BCUT2D eigenvalue weighted by Gasteiger charge is -2.36. The smallest absolute Gasteiger partial charge is 0.204 e. The maximum absolute atomic E-state index is 11.3. The van der Waals surface area contributed by atoms with E-state index < -0.39 is 6.10 Å². The van der Waals surface area contributed by atoms with Crippen LogP contribution in [0.4, 0.5) is 5.69 Å². The monoisotopic (exact) mass is 230 g/mol. The van der Waals surface area contributed by atoms with E-state index in [1.54, 1.807) is 12.1 Å². The lowest BCUT2D eigenvalue weighted by atomic mass is 10.0. The van der Waals surface area contributed by atoms with E-state index in [0.29, 0.717) is 11.3 Å². The largest absolute Gasteiger partial charge is 0.471 e. The van der Waals surface area contributed by atoms with Crippen LogP contribution in [0.3, 0.4) is 0 Å². The molecule has 0 saturated carbocycles. The number of anilines is 1. The molecule has 2 rings (SSSR count). The fourth-order valence-electron chi connectivity index (χ4n) is 1.90. The van der Waals surface area contributed by atoms with Crippen LogP contribution in [0, 0.1) is 11.3 Å². The fraction of sp³-hybridized carbons (Fsp3) is 0.385. The molecule has 0 aliphatic carbocycles. The zero-order valence-electron chi connectivity index (χ0n) is 10.1. The maximum Gasteiger partial charge on any atom is 0.204 e. The Morgan fingerprint density at radius 3 is 2.82 bits per heavy atom. The number of carbonyl (C=O) groups is 1. The molecule has 1 aromatic rings. The Morgan fingerprint density at radius 1 is 1.53 bits per heavy atom. The van der Waals surface area contributed by atoms with Crippen molar-refractivity contribution in [2.24, 2.45) is 0 Å². The summed E-state index contributed by atoms with van der Waals surface area (Å²) in [5, 5.41) is 8.99. The first-order valence-electron chi connectivity index (χ1n) is 5.48. The molecule has 0 saturated heterocycles. The predicted molar refractivity (Wildman–Crippen MR) is 64.3 cm³/mol. The summed E-state index contributed by atoms with van der Waals surface area (Å²) in [5.74, 6) is 0.679. The van der Waals surface area contributed by atoms with Crippen LogP contribution in [0.5, 0.6) is 5.75 Å². The third-order valence-electron chi connectivity index (χ3n) is 3.18. The van der Waals surface area contributed by atoms with Crippen LogP contribution in [0.1, 0.15) is 24.2 Å². The lowest BCUT2D eigenvalue weighted by molar-refractivity contribution is 0.101. The Hall–Kier alpha value is -2.02. The molecule has 0 spiro atoms. The third kappa shape index (κ3) is 1.84. The first-order valence-corrected chi connectivity index (χ1v) is 5.48. The molecule has 1 aliphatic rings. The summed E-state index contributed by atoms with van der Waals surface area (Å²) in [6.45, 7) is 3.46. The number of hydrogen-bond acceptors (Lipinski definition) is 4. The van der Waals surface area contributed by atoms with Gasteiger partial charge in [0.15, 0.2) is 5.78 Å². The van der Waals surface area contributed by atoms with Gasteiger partial charge in [0.25, 0.3) is 0 Å². The van der Waals surface area contributed by atoms with Gasteiger partial charge in [-0.15, -0.1) is 0 Å². The highest BCUT2D eigenvalue weighted by Gasteiger charge is 2.30. The molecule has 0 amide bonds. The van der Waals surface area contributed by atoms with Gasteiger partial charge in [-0.25, -0.2) is 0 Å². The van der Waals surface area contributed by atoms with Gasteiger partial charge in [0.2, 0.25) is 6.10 Å². The van der Waals surface area contributed by atoms with Crippen molar-refractivity contribution in [2.75, 3.05) is 11.9 Å². The van der Waals surface area contributed by atoms with E-state index in [-0.39, 0.29) is 11.8 Å². The normalized spacial score (nSPS) is 22.4. The van der Waals surface area contributed by atoms with Crippen LogP contribution in [-0.4, -0.2) is 25.0 Å². The number of likely N-dealkylation sites (N-methyl/N-ethyl adjacent to an activating group) is 1. The average Bonchev–Trinajstić information content (AvgIpc) is 2.33. The molecule has 1 heterocycles. The minimum Gasteiger partial charge on any atom is -0.471 e. The molecule has 4 heteroatoms. The van der Waals surface area contributed by atoms with Crippen molar-refractivity contribution in [3.05, 3.63) is 23.8 Å². The van der Waals surface area contributed by atoms with Crippen molar-refractivity contribution in [1.82, 2.24) is 0 Å². The number of carbonyl (C=O) groups excluding carboxylic acids is 1. The molecule has 0 aromatic heterocycles. The van der Waals surface area contributed by atoms with Gasteiger partial charge in [-0.2, -0.15) is 5.26 Å². The second-order valence-electron chi connectivity index (χ2n) is 4.26. The molecule has 0 fully saturated rings. The van der Waals surface area contributed by atoms with Crippen LogP contribution in [-0.2, 0) is 0 Å². The fourth-order valence-corrected chi connectivity index (χ4v) is 1.90. The number of Topliss-reactive ketones (excluding diaryl/α,β-unsaturated/α-hetero) is 1. The highest BCUT2D eigenvalue weighted by molar-refractivity contribution is 5.95. The minimum atomic E-state index is -0.476. The van der Waals surface area contributed by atoms with Gasteiger partial charge in [0.05, 0.1) is 11.7 Å². The molecule has 1 aromatic carbocycles. The van der Waals surface area contributed by atoms with Crippen LogP contribution >= 0.6 is 0 Å². The van der Waals surface area contributed by atoms with Crippen LogP contribution in [0.25, 0.3) is 0 Å². The van der Waals surface area contributed by atoms with Gasteiger partial charge in [-0.3, -0.25) is 4.79 Å². The molecule has 0 bridgehead atoms. The van der Waals surface area contributed by atoms with E-state index in [1.165, 1.54) is 6.92 Å². The Balaban J connectivity index is 2.47. The highest BCUT2D eigenvalue weighted by Crippen LogP contribution is 2.35. The number of fused-ring (bicyclic) bond motifs is 1. The number of nitriles is 1. The van der Waals surface area contributed by atoms with Gasteiger partial charge in [0, 0.05) is 12.6 Å². The van der Waals surface area contributed by atoms with Gasteiger partial charge in [-0.1, -0.05) is 0 Å². The first kappa shape index (κ1) is 11.5. The zero-order valence-corrected chi connectivity index (χ0v) is 10.1. The number of benzene rings is 1. The molecule has 1 aliphatic heterocycles. The molecular weight excluding hydrogens is 216 g/mol. The molecule has 2 unspecified atom stereocenters. The number of rotatable bonds is 1. The highest BCUT2D eigenvalue weighted by atomic mass is 16.5. The van der Waals surface area contributed by atoms with Gasteiger partial charge in [-0.05, 0) is 32.0 Å². The predicted octanol–water partition coefficient (Wildman–Crippen LogP) is 2.00. The van der Waals surface area contributed by atoms with Gasteiger partial charge in [0.1, 0.15) is 11.8 Å². The quantitative estimate of drug-likeness (QED) is 0.692. The summed E-state index contributed by atoms with van der Waals surface area (Å²) in [4.78, 5) is 13.3. The molecule has 88 valence electrons. The SMILES string of the molecule is CC(=O)c1ccc2c(c1)N(C)C(C)C(C#N)O2. The summed E-state index contributed by atoms with van der Waals surface area (Å²) in [7, 11) is 1.90. The van der Waals surface area contributed by atoms with E-state index in [4.69, 9.17) is 10.00 Å². The third-order valence-corrected chi connectivity index (χ3v) is 3.18. The van der Waals surface area contributed by atoms with Crippen molar-refractivity contribution in [2.45, 2.75) is 26.0 Å². The van der Waals surface area contributed by atoms with Gasteiger partial charge >= 0.3 is 0 Å². The minimum absolute atomic E-state index is 0.0243. The Morgan fingerprint density at radius 2 is 2.24 bits per heavy atom. The summed E-state index contributed by atoms with van der Waals surface area (Å²) < 4.78 is 5.58. The summed E-state index contributed by atoms with van der Waals surface area (Å²) in [6.07, 6.45) is -0.476. The summed E-state index contributed by atoms with van der Waals surface area (Å²) >= 11 is 0. The second-order valence-corrected chi connectivity index (χ2v) is 4.26. The maximum atomic E-state index is 11.3. The summed E-state index contributed by atoms with van der Waals surface area (Å²) in [5.41, 5.74) is 1.51. The number of hydrogen-bond donors (Lipinski definition) is 0. The van der Waals surface area contributed by atoms with E-state index in [2.05, 4.69) is 6.07 Å². The van der Waals surface area contributed by atoms with Gasteiger partial charge < -0.3 is 9.64 Å². The molecule has 0 radical (unpaired) electrons. The Kier molecular flexibility index (Phi) is 2.76.